The molecule has 1 aliphatic heterocycles. The van der Waals surface area contributed by atoms with Gasteiger partial charge in [-0.05, 0) is 31.1 Å². The summed E-state index contributed by atoms with van der Waals surface area (Å²) in [4.78, 5) is 33.2. The molecule has 0 amide bonds. The van der Waals surface area contributed by atoms with Crippen LogP contribution in [-0.4, -0.2) is 21.5 Å². The third-order valence-electron chi connectivity index (χ3n) is 4.89. The minimum atomic E-state index is -0.356. The van der Waals surface area contributed by atoms with Gasteiger partial charge in [0.15, 0.2) is 10.9 Å². The van der Waals surface area contributed by atoms with Crippen molar-refractivity contribution >= 4 is 23.4 Å². The lowest BCUT2D eigenvalue weighted by atomic mass is 9.76. The molecular weight excluding hydrogens is 346 g/mol. The number of aryl methyl sites for hydroxylation is 1. The molecule has 2 aliphatic rings. The van der Waals surface area contributed by atoms with E-state index in [1.807, 2.05) is 32.0 Å². The van der Waals surface area contributed by atoms with Gasteiger partial charge in [-0.15, -0.1) is 0 Å². The number of anilines is 1. The normalized spacial score (nSPS) is 19.0. The van der Waals surface area contributed by atoms with E-state index in [-0.39, 0.29) is 17.3 Å². The van der Waals surface area contributed by atoms with Crippen molar-refractivity contribution in [1.82, 2.24) is 9.97 Å². The van der Waals surface area contributed by atoms with Crippen LogP contribution in [0.5, 0.6) is 0 Å². The zero-order chi connectivity index (χ0) is 18.3. The molecule has 1 aromatic heterocycles. The minimum Gasteiger partial charge on any atom is -0.343 e. The Balaban J connectivity index is 1.96. The second-order valence-corrected chi connectivity index (χ2v) is 7.96. The zero-order valence-electron chi connectivity index (χ0n) is 14.9. The summed E-state index contributed by atoms with van der Waals surface area (Å²) in [5.41, 5.74) is 4.11. The second kappa shape index (κ2) is 6.76. The van der Waals surface area contributed by atoms with Crippen LogP contribution < -0.4 is 10.9 Å². The van der Waals surface area contributed by atoms with Crippen molar-refractivity contribution < 1.29 is 4.79 Å². The summed E-state index contributed by atoms with van der Waals surface area (Å²) in [6, 6.07) is 8.05. The number of aromatic nitrogens is 2. The van der Waals surface area contributed by atoms with Gasteiger partial charge in [-0.25, -0.2) is 4.98 Å². The Morgan fingerprint density at radius 1 is 1.27 bits per heavy atom. The van der Waals surface area contributed by atoms with Crippen molar-refractivity contribution in [3.05, 3.63) is 62.6 Å². The predicted molar refractivity (Wildman–Crippen MR) is 104 cm³/mol. The number of thioether (sulfide) groups is 1. The van der Waals surface area contributed by atoms with Crippen molar-refractivity contribution in [2.24, 2.45) is 0 Å². The minimum absolute atomic E-state index is 0.127. The van der Waals surface area contributed by atoms with E-state index in [0.717, 1.165) is 41.0 Å². The molecule has 0 radical (unpaired) electrons. The standard InChI is InChI=1S/C20H21N3O2S/c1-3-26-20-22-18-17(19(25)23-20)15(12-7-4-6-11(2)10-12)16-13(21-18)8-5-9-14(16)24/h4,6-7,10,15H,3,5,8-9H2,1-2H3,(H2,21,22,23,25). The number of nitrogens with one attached hydrogen (secondary N) is 2. The monoisotopic (exact) mass is 367 g/mol. The van der Waals surface area contributed by atoms with Gasteiger partial charge in [0.25, 0.3) is 5.56 Å². The lowest BCUT2D eigenvalue weighted by Gasteiger charge is -2.32. The lowest BCUT2D eigenvalue weighted by Crippen LogP contribution is -2.32. The summed E-state index contributed by atoms with van der Waals surface area (Å²) in [6.45, 7) is 4.04. The fraction of sp³-hybridized carbons (Fsp3) is 0.350. The van der Waals surface area contributed by atoms with Gasteiger partial charge in [0.1, 0.15) is 5.82 Å². The Kier molecular flexibility index (Phi) is 4.44. The number of hydrogen-bond donors (Lipinski definition) is 2. The smallest absolute Gasteiger partial charge is 0.257 e. The number of rotatable bonds is 3. The van der Waals surface area contributed by atoms with Crippen molar-refractivity contribution in [3.63, 3.8) is 0 Å². The van der Waals surface area contributed by atoms with Crippen LogP contribution in [0.25, 0.3) is 0 Å². The maximum Gasteiger partial charge on any atom is 0.257 e. The number of allylic oxidation sites excluding steroid dienone is 2. The van der Waals surface area contributed by atoms with Crippen molar-refractivity contribution in [1.29, 1.82) is 0 Å². The molecule has 26 heavy (non-hydrogen) atoms. The number of nitrogens with zero attached hydrogens (tertiary/aromatic N) is 1. The van der Waals surface area contributed by atoms with Gasteiger partial charge in [0.05, 0.1) is 5.56 Å². The average Bonchev–Trinajstić information content (AvgIpc) is 2.60. The summed E-state index contributed by atoms with van der Waals surface area (Å²) in [6.07, 6.45) is 2.18. The van der Waals surface area contributed by atoms with Crippen LogP contribution in [0.3, 0.4) is 0 Å². The van der Waals surface area contributed by atoms with E-state index in [9.17, 15) is 9.59 Å². The van der Waals surface area contributed by atoms with Crippen LogP contribution in [0.15, 0.2) is 45.5 Å². The Morgan fingerprint density at radius 3 is 2.88 bits per heavy atom. The molecule has 4 rings (SSSR count). The number of fused-ring (bicyclic) bond motifs is 1. The highest BCUT2D eigenvalue weighted by Crippen LogP contribution is 2.43. The van der Waals surface area contributed by atoms with Gasteiger partial charge in [-0.2, -0.15) is 0 Å². The predicted octanol–water partition coefficient (Wildman–Crippen LogP) is 3.75. The number of carbonyl (C=O) groups is 1. The highest BCUT2D eigenvalue weighted by molar-refractivity contribution is 7.99. The maximum atomic E-state index is 12.9. The van der Waals surface area contributed by atoms with Crippen LogP contribution >= 0.6 is 11.8 Å². The van der Waals surface area contributed by atoms with Gasteiger partial charge in [-0.1, -0.05) is 48.5 Å². The molecule has 1 atom stereocenters. The topological polar surface area (TPSA) is 74.8 Å². The molecule has 2 heterocycles. The summed E-state index contributed by atoms with van der Waals surface area (Å²) < 4.78 is 0. The van der Waals surface area contributed by atoms with E-state index in [0.29, 0.717) is 23.0 Å². The highest BCUT2D eigenvalue weighted by Gasteiger charge is 2.37. The molecule has 6 heteroatoms. The van der Waals surface area contributed by atoms with Crippen LogP contribution in [-0.2, 0) is 4.79 Å². The zero-order valence-corrected chi connectivity index (χ0v) is 15.7. The van der Waals surface area contributed by atoms with Gasteiger partial charge in [0.2, 0.25) is 0 Å². The first-order valence-electron chi connectivity index (χ1n) is 8.95. The number of Topliss-reactive ketones (excluding diaryl/α,β-unsaturated/α-hetero) is 1. The Bertz CT molecular complexity index is 977. The molecule has 2 aromatic rings. The molecule has 0 spiro atoms. The number of carbonyl (C=O) groups excluding carboxylic acids is 1. The van der Waals surface area contributed by atoms with E-state index < -0.39 is 0 Å². The number of ketones is 1. The maximum absolute atomic E-state index is 12.9. The summed E-state index contributed by atoms with van der Waals surface area (Å²) in [5.74, 6) is 1.19. The van der Waals surface area contributed by atoms with Crippen LogP contribution in [0, 0.1) is 6.92 Å². The fourth-order valence-corrected chi connectivity index (χ4v) is 4.42. The van der Waals surface area contributed by atoms with E-state index in [1.165, 1.54) is 11.8 Å². The van der Waals surface area contributed by atoms with Gasteiger partial charge in [-0.3, -0.25) is 9.59 Å². The summed E-state index contributed by atoms with van der Waals surface area (Å²) in [7, 11) is 0. The first kappa shape index (κ1) is 17.1. The number of H-pyrrole nitrogens is 1. The first-order chi connectivity index (χ1) is 12.6. The van der Waals surface area contributed by atoms with Crippen molar-refractivity contribution in [2.75, 3.05) is 11.1 Å². The van der Waals surface area contributed by atoms with Gasteiger partial charge < -0.3 is 10.3 Å². The third-order valence-corrected chi connectivity index (χ3v) is 5.65. The molecule has 0 saturated heterocycles. The SMILES string of the molecule is CCSc1nc2c(c(=O)[nH]1)C(c1cccc(C)c1)C1=C(CCCC1=O)N2. The lowest BCUT2D eigenvalue weighted by molar-refractivity contribution is -0.116. The van der Waals surface area contributed by atoms with E-state index in [2.05, 4.69) is 21.4 Å². The number of aromatic amines is 1. The van der Waals surface area contributed by atoms with Crippen molar-refractivity contribution in [3.8, 4) is 0 Å². The quantitative estimate of drug-likeness (QED) is 0.638. The molecule has 5 nitrogen and oxygen atoms in total. The molecule has 1 unspecified atom stereocenters. The van der Waals surface area contributed by atoms with Crippen LogP contribution in [0.2, 0.25) is 0 Å². The van der Waals surface area contributed by atoms with Gasteiger partial charge >= 0.3 is 0 Å². The second-order valence-electron chi connectivity index (χ2n) is 6.71. The van der Waals surface area contributed by atoms with Crippen LogP contribution in [0.4, 0.5) is 5.82 Å². The Hall–Kier alpha value is -2.34. The van der Waals surface area contributed by atoms with Gasteiger partial charge in [0, 0.05) is 23.6 Å². The molecule has 1 aliphatic carbocycles. The molecule has 0 bridgehead atoms. The molecular formula is C20H21N3O2S. The number of hydrogen-bond acceptors (Lipinski definition) is 5. The molecule has 0 fully saturated rings. The average molecular weight is 367 g/mol. The van der Waals surface area contributed by atoms with E-state index in [1.54, 1.807) is 0 Å². The van der Waals surface area contributed by atoms with Crippen molar-refractivity contribution in [2.45, 2.75) is 44.2 Å². The number of benzene rings is 1. The van der Waals surface area contributed by atoms with Crippen LogP contribution in [0.1, 0.15) is 48.8 Å². The summed E-state index contributed by atoms with van der Waals surface area (Å²) >= 11 is 1.50. The molecule has 2 N–H and O–H groups in total. The first-order valence-corrected chi connectivity index (χ1v) is 9.94. The van der Waals surface area contributed by atoms with E-state index >= 15 is 0 Å². The third kappa shape index (κ3) is 2.88. The molecule has 0 saturated carbocycles. The van der Waals surface area contributed by atoms with E-state index in [4.69, 9.17) is 0 Å². The summed E-state index contributed by atoms with van der Waals surface area (Å²) in [5, 5.41) is 3.91. The highest BCUT2D eigenvalue weighted by atomic mass is 32.2. The fourth-order valence-electron chi connectivity index (χ4n) is 3.83. The Labute approximate surface area is 156 Å². The molecule has 1 aromatic carbocycles. The largest absolute Gasteiger partial charge is 0.343 e. The Morgan fingerprint density at radius 2 is 2.12 bits per heavy atom. The molecule has 134 valence electrons.